The predicted molar refractivity (Wildman–Crippen MR) is 74.6 cm³/mol. The lowest BCUT2D eigenvalue weighted by Gasteiger charge is -2.35. The molecule has 0 unspecified atom stereocenters. The topological polar surface area (TPSA) is 40.5 Å². The van der Waals surface area contributed by atoms with Gasteiger partial charge in [0.25, 0.3) is 5.91 Å². The first-order chi connectivity index (χ1) is 9.06. The fraction of sp³-hybridized carbons (Fsp3) is 0.438. The van der Waals surface area contributed by atoms with Crippen LogP contribution in [0.25, 0.3) is 0 Å². The molecule has 1 amide bonds. The number of likely N-dealkylation sites (tertiary alicyclic amines) is 1. The van der Waals surface area contributed by atoms with Gasteiger partial charge in [0.05, 0.1) is 11.6 Å². The maximum atomic E-state index is 12.5. The van der Waals surface area contributed by atoms with Gasteiger partial charge in [-0.2, -0.15) is 0 Å². The first-order valence-electron chi connectivity index (χ1n) is 6.58. The average Bonchev–Trinajstić information content (AvgIpc) is 2.89. The molecule has 3 nitrogen and oxygen atoms in total. The molecule has 0 saturated carbocycles. The lowest BCUT2D eigenvalue weighted by atomic mass is 9.91. The molecule has 1 aromatic rings. The molecule has 0 aromatic heterocycles. The third-order valence-electron chi connectivity index (χ3n) is 3.71. The fourth-order valence-electron chi connectivity index (χ4n) is 2.73. The van der Waals surface area contributed by atoms with Crippen molar-refractivity contribution < 1.29 is 9.90 Å². The molecule has 2 atom stereocenters. The maximum Gasteiger partial charge on any atom is 0.254 e. The Balaban J connectivity index is 2.20. The Hall–Kier alpha value is -1.79. The van der Waals surface area contributed by atoms with Gasteiger partial charge in [-0.1, -0.05) is 18.2 Å². The Kier molecular flexibility index (Phi) is 3.92. The quantitative estimate of drug-likeness (QED) is 0.842. The number of aliphatic hydroxyl groups is 1. The lowest BCUT2D eigenvalue weighted by molar-refractivity contribution is -0.00972. The van der Waals surface area contributed by atoms with Gasteiger partial charge in [-0.05, 0) is 31.9 Å². The van der Waals surface area contributed by atoms with Gasteiger partial charge in [0.1, 0.15) is 0 Å². The summed E-state index contributed by atoms with van der Waals surface area (Å²) in [6.07, 6.45) is 7.27. The van der Waals surface area contributed by atoms with Crippen LogP contribution in [0.15, 0.2) is 30.3 Å². The molecule has 0 bridgehead atoms. The SMILES string of the molecule is C#CC[C@@](C)(O)[C@@H]1CCCN1C(=O)c1ccccc1. The smallest absolute Gasteiger partial charge is 0.254 e. The van der Waals surface area contributed by atoms with Crippen LogP contribution >= 0.6 is 0 Å². The summed E-state index contributed by atoms with van der Waals surface area (Å²) < 4.78 is 0. The number of terminal acetylenes is 1. The van der Waals surface area contributed by atoms with E-state index in [4.69, 9.17) is 6.42 Å². The van der Waals surface area contributed by atoms with Gasteiger partial charge in [-0.15, -0.1) is 12.3 Å². The fourth-order valence-corrected chi connectivity index (χ4v) is 2.73. The molecule has 1 aliphatic rings. The number of amides is 1. The van der Waals surface area contributed by atoms with Crippen LogP contribution in [0.4, 0.5) is 0 Å². The third-order valence-corrected chi connectivity index (χ3v) is 3.71. The summed E-state index contributed by atoms with van der Waals surface area (Å²) in [6, 6.07) is 8.97. The van der Waals surface area contributed by atoms with Crippen LogP contribution < -0.4 is 0 Å². The van der Waals surface area contributed by atoms with Crippen molar-refractivity contribution in [3.8, 4) is 12.3 Å². The Morgan fingerprint density at radius 2 is 2.21 bits per heavy atom. The van der Waals surface area contributed by atoms with Crippen molar-refractivity contribution in [1.82, 2.24) is 4.90 Å². The van der Waals surface area contributed by atoms with Gasteiger partial charge >= 0.3 is 0 Å². The van der Waals surface area contributed by atoms with E-state index in [0.29, 0.717) is 12.1 Å². The van der Waals surface area contributed by atoms with Gasteiger partial charge in [-0.25, -0.2) is 0 Å². The van der Waals surface area contributed by atoms with E-state index in [1.54, 1.807) is 24.0 Å². The largest absolute Gasteiger partial charge is 0.387 e. The van der Waals surface area contributed by atoms with Gasteiger partial charge in [0, 0.05) is 18.5 Å². The first-order valence-corrected chi connectivity index (χ1v) is 6.58. The van der Waals surface area contributed by atoms with E-state index in [-0.39, 0.29) is 18.4 Å². The molecule has 1 aliphatic heterocycles. The molecular weight excluding hydrogens is 238 g/mol. The summed E-state index contributed by atoms with van der Waals surface area (Å²) in [5, 5.41) is 10.4. The van der Waals surface area contributed by atoms with E-state index in [2.05, 4.69) is 5.92 Å². The van der Waals surface area contributed by atoms with E-state index in [9.17, 15) is 9.90 Å². The third kappa shape index (κ3) is 2.80. The zero-order chi connectivity index (χ0) is 13.9. The van der Waals surface area contributed by atoms with Crippen molar-refractivity contribution in [1.29, 1.82) is 0 Å². The van der Waals surface area contributed by atoms with Crippen molar-refractivity contribution >= 4 is 5.91 Å². The van der Waals surface area contributed by atoms with Crippen LogP contribution in [0.1, 0.15) is 36.5 Å². The predicted octanol–water partition coefficient (Wildman–Crippen LogP) is 2.07. The molecular formula is C16H19NO2. The number of nitrogens with zero attached hydrogens (tertiary/aromatic N) is 1. The minimum absolute atomic E-state index is 0.0274. The number of carbonyl (C=O) groups excluding carboxylic acids is 1. The summed E-state index contributed by atoms with van der Waals surface area (Å²) in [4.78, 5) is 14.2. The minimum atomic E-state index is -1.02. The van der Waals surface area contributed by atoms with Crippen molar-refractivity contribution in [2.75, 3.05) is 6.54 Å². The number of hydrogen-bond acceptors (Lipinski definition) is 2. The van der Waals surface area contributed by atoms with E-state index in [0.717, 1.165) is 12.8 Å². The number of hydrogen-bond donors (Lipinski definition) is 1. The molecule has 0 radical (unpaired) electrons. The van der Waals surface area contributed by atoms with E-state index < -0.39 is 5.60 Å². The summed E-state index contributed by atoms with van der Waals surface area (Å²) in [6.45, 7) is 2.40. The maximum absolute atomic E-state index is 12.5. The second kappa shape index (κ2) is 5.46. The Morgan fingerprint density at radius 1 is 1.53 bits per heavy atom. The van der Waals surface area contributed by atoms with Gasteiger partial charge in [0.2, 0.25) is 0 Å². The number of benzene rings is 1. The second-order valence-electron chi connectivity index (χ2n) is 5.26. The Bertz CT molecular complexity index is 487. The minimum Gasteiger partial charge on any atom is -0.387 e. The van der Waals surface area contributed by atoms with Crippen LogP contribution in [0.5, 0.6) is 0 Å². The van der Waals surface area contributed by atoms with Gasteiger partial charge in [0.15, 0.2) is 0 Å². The molecule has 0 aliphatic carbocycles. The van der Waals surface area contributed by atoms with Crippen molar-refractivity contribution in [3.63, 3.8) is 0 Å². The van der Waals surface area contributed by atoms with Crippen molar-refractivity contribution in [2.45, 2.75) is 37.8 Å². The molecule has 2 rings (SSSR count). The average molecular weight is 257 g/mol. The lowest BCUT2D eigenvalue weighted by Crippen LogP contribution is -2.49. The highest BCUT2D eigenvalue weighted by atomic mass is 16.3. The molecule has 100 valence electrons. The first kappa shape index (κ1) is 13.6. The molecule has 1 heterocycles. The standard InChI is InChI=1S/C16H19NO2/c1-3-11-16(2,19)14-10-7-12-17(14)15(18)13-8-5-4-6-9-13/h1,4-6,8-9,14,19H,7,10-12H2,2H3/t14-,16+/m0/s1. The molecule has 19 heavy (non-hydrogen) atoms. The second-order valence-corrected chi connectivity index (χ2v) is 5.26. The number of carbonyl (C=O) groups is 1. The Morgan fingerprint density at radius 3 is 2.84 bits per heavy atom. The highest BCUT2D eigenvalue weighted by Crippen LogP contribution is 2.30. The summed E-state index contributed by atoms with van der Waals surface area (Å²) in [5.74, 6) is 2.47. The van der Waals surface area contributed by atoms with E-state index in [1.807, 2.05) is 18.2 Å². The molecule has 1 saturated heterocycles. The van der Waals surface area contributed by atoms with Gasteiger partial charge in [-0.3, -0.25) is 4.79 Å². The van der Waals surface area contributed by atoms with Crippen LogP contribution in [0, 0.1) is 12.3 Å². The van der Waals surface area contributed by atoms with Crippen molar-refractivity contribution in [2.24, 2.45) is 0 Å². The Labute approximate surface area is 114 Å². The molecule has 0 spiro atoms. The van der Waals surface area contributed by atoms with E-state index >= 15 is 0 Å². The van der Waals surface area contributed by atoms with Gasteiger partial charge < -0.3 is 10.0 Å². The van der Waals surface area contributed by atoms with Crippen LogP contribution in [0.3, 0.4) is 0 Å². The molecule has 1 N–H and O–H groups in total. The van der Waals surface area contributed by atoms with Crippen LogP contribution in [-0.2, 0) is 0 Å². The normalized spacial score (nSPS) is 21.7. The molecule has 3 heteroatoms. The van der Waals surface area contributed by atoms with Crippen molar-refractivity contribution in [3.05, 3.63) is 35.9 Å². The number of rotatable bonds is 3. The van der Waals surface area contributed by atoms with Crippen LogP contribution in [-0.4, -0.2) is 34.1 Å². The monoisotopic (exact) mass is 257 g/mol. The summed E-state index contributed by atoms with van der Waals surface area (Å²) in [5.41, 5.74) is -0.360. The highest BCUT2D eigenvalue weighted by molar-refractivity contribution is 5.94. The summed E-state index contributed by atoms with van der Waals surface area (Å²) >= 11 is 0. The molecule has 1 fully saturated rings. The highest BCUT2D eigenvalue weighted by Gasteiger charge is 2.41. The molecule has 1 aromatic carbocycles. The van der Waals surface area contributed by atoms with E-state index in [1.165, 1.54) is 0 Å². The van der Waals surface area contributed by atoms with Crippen LogP contribution in [0.2, 0.25) is 0 Å². The zero-order valence-electron chi connectivity index (χ0n) is 11.2. The zero-order valence-corrected chi connectivity index (χ0v) is 11.2. The summed E-state index contributed by atoms with van der Waals surface area (Å²) in [7, 11) is 0.